The van der Waals surface area contributed by atoms with Gasteiger partial charge >= 0.3 is 5.97 Å². The van der Waals surface area contributed by atoms with Gasteiger partial charge in [-0.25, -0.2) is 22.4 Å². The first-order valence-electron chi connectivity index (χ1n) is 11.5. The molecule has 34 heavy (non-hydrogen) atoms. The number of allylic oxidation sites excluding steroid dienone is 2. The van der Waals surface area contributed by atoms with Crippen molar-refractivity contribution in [1.82, 2.24) is 0 Å². The minimum atomic E-state index is -1.20. The van der Waals surface area contributed by atoms with Crippen LogP contribution >= 0.6 is 0 Å². The lowest BCUT2D eigenvalue weighted by molar-refractivity contribution is 0.0732. The summed E-state index contributed by atoms with van der Waals surface area (Å²) in [6.07, 6.45) is 9.91. The lowest BCUT2D eigenvalue weighted by atomic mass is 9.63. The molecule has 0 N–H and O–H groups in total. The number of ether oxygens (including phenoxy) is 1. The van der Waals surface area contributed by atoms with Crippen LogP contribution < -0.4 is 4.74 Å². The third-order valence-electron chi connectivity index (χ3n) is 7.18. The first kappa shape index (κ1) is 24.0. The molecule has 0 aromatic heterocycles. The molecular weight excluding hydrogens is 446 g/mol. The molecule has 0 radical (unpaired) electrons. The van der Waals surface area contributed by atoms with E-state index in [1.807, 2.05) is 6.92 Å². The van der Waals surface area contributed by atoms with Crippen molar-refractivity contribution >= 4 is 5.97 Å². The maximum absolute atomic E-state index is 15.0. The molecule has 4 rings (SSSR count). The Balaban J connectivity index is 1.48. The van der Waals surface area contributed by atoms with E-state index in [2.05, 4.69) is 12.2 Å². The monoisotopic (exact) mass is 471 g/mol. The summed E-state index contributed by atoms with van der Waals surface area (Å²) in [5.74, 6) is -4.38. The maximum atomic E-state index is 15.0. The van der Waals surface area contributed by atoms with Gasteiger partial charge in [0.2, 0.25) is 0 Å². The summed E-state index contributed by atoms with van der Waals surface area (Å²) in [6.45, 7) is 2.02. The van der Waals surface area contributed by atoms with E-state index in [0.717, 1.165) is 37.8 Å². The van der Waals surface area contributed by atoms with Crippen LogP contribution in [0.1, 0.15) is 72.9 Å². The Morgan fingerprint density at radius 2 is 1.56 bits per heavy atom. The van der Waals surface area contributed by atoms with Crippen LogP contribution in [0, 0.1) is 52.4 Å². The van der Waals surface area contributed by atoms with Crippen molar-refractivity contribution in [2.75, 3.05) is 0 Å². The molecule has 2 fully saturated rings. The third-order valence-corrected chi connectivity index (χ3v) is 7.18. The standard InChI is InChI=1S/C27H25F4NO2/c1-2-3-15-4-5-17-9-18(7-6-16(17)8-15)26-24(30)10-19(11-25(26)31)27(33)34-20-12-22(28)21(14-32)23(29)13-20/h2-3,10-13,15-18H,4-9H2,1H3/b3-2+. The van der Waals surface area contributed by atoms with Gasteiger partial charge in [0.25, 0.3) is 0 Å². The fourth-order valence-corrected chi connectivity index (χ4v) is 5.61. The quantitative estimate of drug-likeness (QED) is 0.205. The van der Waals surface area contributed by atoms with Crippen molar-refractivity contribution in [2.24, 2.45) is 17.8 Å². The highest BCUT2D eigenvalue weighted by Gasteiger charge is 2.37. The average Bonchev–Trinajstić information content (AvgIpc) is 2.78. The maximum Gasteiger partial charge on any atom is 0.343 e. The van der Waals surface area contributed by atoms with Crippen LogP contribution in [-0.2, 0) is 0 Å². The minimum Gasteiger partial charge on any atom is -0.423 e. The van der Waals surface area contributed by atoms with E-state index in [0.29, 0.717) is 42.7 Å². The van der Waals surface area contributed by atoms with Gasteiger partial charge in [0.1, 0.15) is 40.7 Å². The molecule has 2 aromatic rings. The van der Waals surface area contributed by atoms with Gasteiger partial charge < -0.3 is 4.74 Å². The van der Waals surface area contributed by atoms with Crippen LogP contribution in [0.25, 0.3) is 0 Å². The normalized spacial score (nSPS) is 24.5. The first-order valence-corrected chi connectivity index (χ1v) is 11.5. The molecule has 0 aliphatic heterocycles. The lowest BCUT2D eigenvalue weighted by Crippen LogP contribution is -2.30. The first-order chi connectivity index (χ1) is 16.3. The second-order valence-corrected chi connectivity index (χ2v) is 9.25. The Labute approximate surface area is 196 Å². The third kappa shape index (κ3) is 4.86. The van der Waals surface area contributed by atoms with Gasteiger partial charge in [-0.2, -0.15) is 5.26 Å². The zero-order valence-electron chi connectivity index (χ0n) is 18.8. The average molecular weight is 471 g/mol. The number of carbonyl (C=O) groups is 1. The van der Waals surface area contributed by atoms with Crippen LogP contribution in [0.2, 0.25) is 0 Å². The Hall–Kier alpha value is -3.14. The highest BCUT2D eigenvalue weighted by molar-refractivity contribution is 5.91. The molecule has 2 aliphatic carbocycles. The molecular formula is C27H25F4NO2. The molecule has 0 bridgehead atoms. The summed E-state index contributed by atoms with van der Waals surface area (Å²) in [7, 11) is 0. The van der Waals surface area contributed by atoms with Crippen molar-refractivity contribution in [3.05, 3.63) is 76.4 Å². The number of fused-ring (bicyclic) bond motifs is 1. The Kier molecular flexibility index (Phi) is 7.06. The van der Waals surface area contributed by atoms with Gasteiger partial charge in [0, 0.05) is 17.7 Å². The Bertz CT molecular complexity index is 1120. The van der Waals surface area contributed by atoms with E-state index < -0.39 is 46.1 Å². The summed E-state index contributed by atoms with van der Waals surface area (Å²) < 4.78 is 62.4. The second kappa shape index (κ2) is 10.0. The van der Waals surface area contributed by atoms with Gasteiger partial charge in [0.15, 0.2) is 0 Å². The van der Waals surface area contributed by atoms with Gasteiger partial charge in [0.05, 0.1) is 5.56 Å². The lowest BCUT2D eigenvalue weighted by Gasteiger charge is -2.42. The number of benzene rings is 2. The smallest absolute Gasteiger partial charge is 0.343 e. The van der Waals surface area contributed by atoms with E-state index in [1.54, 1.807) is 0 Å². The molecule has 7 heteroatoms. The zero-order chi connectivity index (χ0) is 24.4. The SMILES string of the molecule is C/C=C/C1CCC2CC(c3c(F)cc(C(=O)Oc4cc(F)c(C#N)c(F)c4)cc3F)CCC2C1. The molecule has 2 aliphatic rings. The van der Waals surface area contributed by atoms with Crippen LogP contribution in [0.4, 0.5) is 17.6 Å². The van der Waals surface area contributed by atoms with Crippen molar-refractivity contribution in [1.29, 1.82) is 5.26 Å². The Morgan fingerprint density at radius 1 is 0.941 bits per heavy atom. The van der Waals surface area contributed by atoms with E-state index in [4.69, 9.17) is 10.00 Å². The van der Waals surface area contributed by atoms with Gasteiger partial charge in [-0.1, -0.05) is 12.2 Å². The fraction of sp³-hybridized carbons (Fsp3) is 0.407. The van der Waals surface area contributed by atoms with Crippen molar-refractivity contribution in [2.45, 2.75) is 51.4 Å². The molecule has 0 amide bonds. The highest BCUT2D eigenvalue weighted by atomic mass is 19.1. The van der Waals surface area contributed by atoms with E-state index in [1.165, 1.54) is 6.07 Å². The summed E-state index contributed by atoms with van der Waals surface area (Å²) in [4.78, 5) is 12.4. The summed E-state index contributed by atoms with van der Waals surface area (Å²) in [5.41, 5.74) is -1.23. The molecule has 2 aromatic carbocycles. The number of esters is 1. The van der Waals surface area contributed by atoms with Gasteiger partial charge in [-0.3, -0.25) is 0 Å². The van der Waals surface area contributed by atoms with Crippen molar-refractivity contribution < 1.29 is 27.1 Å². The zero-order valence-corrected chi connectivity index (χ0v) is 18.8. The van der Waals surface area contributed by atoms with Crippen LogP contribution in [0.15, 0.2) is 36.4 Å². The number of nitriles is 1. The molecule has 3 nitrogen and oxygen atoms in total. The molecule has 0 spiro atoms. The molecule has 4 atom stereocenters. The number of halogens is 4. The number of rotatable bonds is 4. The van der Waals surface area contributed by atoms with Crippen LogP contribution in [-0.4, -0.2) is 5.97 Å². The number of hydrogen-bond acceptors (Lipinski definition) is 3. The summed E-state index contributed by atoms with van der Waals surface area (Å²) >= 11 is 0. The highest BCUT2D eigenvalue weighted by Crippen LogP contribution is 2.48. The Morgan fingerprint density at radius 3 is 2.18 bits per heavy atom. The predicted molar refractivity (Wildman–Crippen MR) is 118 cm³/mol. The molecule has 0 heterocycles. The van der Waals surface area contributed by atoms with E-state index >= 15 is 0 Å². The van der Waals surface area contributed by atoms with Gasteiger partial charge in [-0.15, -0.1) is 0 Å². The molecule has 178 valence electrons. The second-order valence-electron chi connectivity index (χ2n) is 9.25. The van der Waals surface area contributed by atoms with E-state index in [9.17, 15) is 22.4 Å². The molecule has 0 saturated heterocycles. The number of carbonyl (C=O) groups excluding carboxylic acids is 1. The van der Waals surface area contributed by atoms with Crippen molar-refractivity contribution in [3.8, 4) is 11.8 Å². The van der Waals surface area contributed by atoms with Crippen molar-refractivity contribution in [3.63, 3.8) is 0 Å². The van der Waals surface area contributed by atoms with Crippen LogP contribution in [0.3, 0.4) is 0 Å². The number of hydrogen-bond donors (Lipinski definition) is 0. The molecule has 4 unspecified atom stereocenters. The molecule has 2 saturated carbocycles. The summed E-state index contributed by atoms with van der Waals surface area (Å²) in [5, 5.41) is 8.72. The predicted octanol–water partition coefficient (Wildman–Crippen LogP) is 7.21. The fourth-order valence-electron chi connectivity index (χ4n) is 5.61. The van der Waals surface area contributed by atoms with E-state index in [-0.39, 0.29) is 11.5 Å². The minimum absolute atomic E-state index is 0.0129. The summed E-state index contributed by atoms with van der Waals surface area (Å²) in [6, 6.07) is 4.52. The van der Waals surface area contributed by atoms with Gasteiger partial charge in [-0.05, 0) is 81.3 Å². The van der Waals surface area contributed by atoms with Crippen LogP contribution in [0.5, 0.6) is 5.75 Å². The number of nitrogens with zero attached hydrogens (tertiary/aromatic N) is 1. The topological polar surface area (TPSA) is 50.1 Å². The largest absolute Gasteiger partial charge is 0.423 e.